The molecule has 5 nitrogen and oxygen atoms in total. The second-order valence-electron chi connectivity index (χ2n) is 3.96. The fraction of sp³-hybridized carbons (Fsp3) is 0.143. The van der Waals surface area contributed by atoms with Crippen molar-refractivity contribution < 1.29 is 18.8 Å². The largest absolute Gasteiger partial charge is 0.493 e. The number of rotatable bonds is 4. The lowest BCUT2D eigenvalue weighted by Gasteiger charge is -2.12. The Bertz CT molecular complexity index is 658. The third-order valence-corrected chi connectivity index (χ3v) is 2.85. The Morgan fingerprint density at radius 1 is 1.10 bits per heavy atom. The summed E-state index contributed by atoms with van der Waals surface area (Å²) in [4.78, 5) is 10.4. The number of nitro benzene ring substituents is 1. The highest BCUT2D eigenvalue weighted by Crippen LogP contribution is 2.41. The molecule has 0 saturated heterocycles. The first-order valence-electron chi connectivity index (χ1n) is 5.73. The summed E-state index contributed by atoms with van der Waals surface area (Å²) in [5.41, 5.74) is 0.419. The van der Waals surface area contributed by atoms with Gasteiger partial charge in [-0.05, 0) is 18.2 Å². The first kappa shape index (κ1) is 13.8. The smallest absolute Gasteiger partial charge is 0.280 e. The first-order chi connectivity index (χ1) is 9.58. The maximum absolute atomic E-state index is 13.2. The Morgan fingerprint density at radius 2 is 1.85 bits per heavy atom. The Kier molecular flexibility index (Phi) is 3.84. The molecule has 0 amide bonds. The molecule has 0 aromatic heterocycles. The molecule has 6 heteroatoms. The molecule has 0 atom stereocenters. The van der Waals surface area contributed by atoms with Gasteiger partial charge in [0.2, 0.25) is 0 Å². The van der Waals surface area contributed by atoms with Crippen molar-refractivity contribution in [2.45, 2.75) is 0 Å². The van der Waals surface area contributed by atoms with Crippen LogP contribution in [-0.2, 0) is 0 Å². The molecule has 0 N–H and O–H groups in total. The first-order valence-corrected chi connectivity index (χ1v) is 5.73. The monoisotopic (exact) mass is 277 g/mol. The number of para-hydroxylation sites is 1. The summed E-state index contributed by atoms with van der Waals surface area (Å²) >= 11 is 0. The summed E-state index contributed by atoms with van der Waals surface area (Å²) in [5, 5.41) is 11.1. The number of hydrogen-bond donors (Lipinski definition) is 0. The van der Waals surface area contributed by atoms with Crippen LogP contribution in [0.3, 0.4) is 0 Å². The van der Waals surface area contributed by atoms with E-state index < -0.39 is 10.7 Å². The zero-order valence-corrected chi connectivity index (χ0v) is 10.9. The van der Waals surface area contributed by atoms with E-state index in [1.54, 1.807) is 18.2 Å². The molecule has 20 heavy (non-hydrogen) atoms. The molecule has 0 bridgehead atoms. The Morgan fingerprint density at radius 3 is 2.45 bits per heavy atom. The van der Waals surface area contributed by atoms with Crippen LogP contribution in [0.2, 0.25) is 0 Å². The second-order valence-corrected chi connectivity index (χ2v) is 3.96. The van der Waals surface area contributed by atoms with Gasteiger partial charge in [-0.2, -0.15) is 0 Å². The summed E-state index contributed by atoms with van der Waals surface area (Å²) in [6.07, 6.45) is 0. The van der Waals surface area contributed by atoms with Gasteiger partial charge in [0, 0.05) is 5.56 Å². The van der Waals surface area contributed by atoms with Crippen molar-refractivity contribution in [1.82, 2.24) is 0 Å². The van der Waals surface area contributed by atoms with E-state index in [4.69, 9.17) is 9.47 Å². The van der Waals surface area contributed by atoms with Crippen molar-refractivity contribution in [3.8, 4) is 22.6 Å². The van der Waals surface area contributed by atoms with Crippen LogP contribution in [0.5, 0.6) is 11.5 Å². The van der Waals surface area contributed by atoms with Crippen molar-refractivity contribution in [2.75, 3.05) is 14.2 Å². The Hall–Kier alpha value is -2.63. The van der Waals surface area contributed by atoms with Gasteiger partial charge < -0.3 is 9.47 Å². The van der Waals surface area contributed by atoms with Gasteiger partial charge in [0.15, 0.2) is 11.5 Å². The van der Waals surface area contributed by atoms with Crippen molar-refractivity contribution >= 4 is 5.69 Å². The highest BCUT2D eigenvalue weighted by Gasteiger charge is 2.21. The molecule has 0 heterocycles. The van der Waals surface area contributed by atoms with E-state index in [1.807, 2.05) is 0 Å². The molecule has 104 valence electrons. The molecule has 2 aromatic rings. The maximum Gasteiger partial charge on any atom is 0.280 e. The molecule has 0 unspecified atom stereocenters. The lowest BCUT2D eigenvalue weighted by Crippen LogP contribution is -1.97. The van der Waals surface area contributed by atoms with Gasteiger partial charge in [-0.25, -0.2) is 4.39 Å². The van der Waals surface area contributed by atoms with Gasteiger partial charge in [-0.1, -0.05) is 12.1 Å². The topological polar surface area (TPSA) is 61.6 Å². The lowest BCUT2D eigenvalue weighted by atomic mass is 10.0. The molecule has 0 spiro atoms. The highest BCUT2D eigenvalue weighted by atomic mass is 19.1. The fourth-order valence-electron chi connectivity index (χ4n) is 1.98. The lowest BCUT2D eigenvalue weighted by molar-refractivity contribution is -0.384. The average molecular weight is 277 g/mol. The predicted octanol–water partition coefficient (Wildman–Crippen LogP) is 3.42. The van der Waals surface area contributed by atoms with E-state index in [9.17, 15) is 14.5 Å². The standard InChI is InChI=1S/C14H12FNO4/c1-19-13-5-3-4-11(14(13)20-2)10-7-6-9(15)8-12(10)16(17)18/h3-8H,1-2H3. The second kappa shape index (κ2) is 5.56. The molecule has 0 fully saturated rings. The number of ether oxygens (including phenoxy) is 2. The maximum atomic E-state index is 13.2. The zero-order chi connectivity index (χ0) is 14.7. The van der Waals surface area contributed by atoms with Crippen LogP contribution in [0.4, 0.5) is 10.1 Å². The normalized spacial score (nSPS) is 10.2. The highest BCUT2D eigenvalue weighted by molar-refractivity contribution is 5.80. The molecule has 0 aliphatic rings. The van der Waals surface area contributed by atoms with Crippen LogP contribution in [0.15, 0.2) is 36.4 Å². The van der Waals surface area contributed by atoms with Crippen molar-refractivity contribution in [1.29, 1.82) is 0 Å². The zero-order valence-electron chi connectivity index (χ0n) is 10.9. The fourth-order valence-corrected chi connectivity index (χ4v) is 1.98. The molecule has 0 aliphatic heterocycles. The van der Waals surface area contributed by atoms with Crippen LogP contribution in [0.25, 0.3) is 11.1 Å². The van der Waals surface area contributed by atoms with Crippen molar-refractivity contribution in [3.63, 3.8) is 0 Å². The molecular formula is C14H12FNO4. The van der Waals surface area contributed by atoms with Gasteiger partial charge in [0.1, 0.15) is 5.82 Å². The Balaban J connectivity index is 2.71. The van der Waals surface area contributed by atoms with E-state index in [1.165, 1.54) is 26.4 Å². The predicted molar refractivity (Wildman–Crippen MR) is 71.6 cm³/mol. The number of methoxy groups -OCH3 is 2. The van der Waals surface area contributed by atoms with Gasteiger partial charge >= 0.3 is 0 Å². The van der Waals surface area contributed by atoms with E-state index in [-0.39, 0.29) is 11.3 Å². The summed E-state index contributed by atoms with van der Waals surface area (Å²) in [6, 6.07) is 8.42. The van der Waals surface area contributed by atoms with Crippen molar-refractivity contribution in [3.05, 3.63) is 52.3 Å². The van der Waals surface area contributed by atoms with Gasteiger partial charge in [0.25, 0.3) is 5.69 Å². The van der Waals surface area contributed by atoms with Crippen LogP contribution >= 0.6 is 0 Å². The number of hydrogen-bond acceptors (Lipinski definition) is 4. The number of benzene rings is 2. The minimum absolute atomic E-state index is 0.271. The summed E-state index contributed by atoms with van der Waals surface area (Å²) < 4.78 is 23.6. The SMILES string of the molecule is COc1cccc(-c2ccc(F)cc2[N+](=O)[O-])c1OC. The third-order valence-electron chi connectivity index (χ3n) is 2.85. The molecule has 2 aromatic carbocycles. The number of halogens is 1. The van der Waals surface area contributed by atoms with E-state index in [2.05, 4.69) is 0 Å². The van der Waals surface area contributed by atoms with Gasteiger partial charge in [-0.3, -0.25) is 10.1 Å². The van der Waals surface area contributed by atoms with E-state index in [0.29, 0.717) is 17.1 Å². The van der Waals surface area contributed by atoms with Gasteiger partial charge in [0.05, 0.1) is 30.8 Å². The molecule has 0 saturated carbocycles. The van der Waals surface area contributed by atoms with Crippen molar-refractivity contribution in [2.24, 2.45) is 0 Å². The average Bonchev–Trinajstić information content (AvgIpc) is 2.46. The van der Waals surface area contributed by atoms with E-state index in [0.717, 1.165) is 6.07 Å². The summed E-state index contributed by atoms with van der Waals surface area (Å²) in [5.74, 6) is 0.149. The minimum Gasteiger partial charge on any atom is -0.493 e. The molecule has 2 rings (SSSR count). The van der Waals surface area contributed by atoms with Crippen LogP contribution < -0.4 is 9.47 Å². The molecular weight excluding hydrogens is 265 g/mol. The quantitative estimate of drug-likeness (QED) is 0.634. The van der Waals surface area contributed by atoms with Crippen LogP contribution in [-0.4, -0.2) is 19.1 Å². The number of nitrogens with zero attached hydrogens (tertiary/aromatic N) is 1. The summed E-state index contributed by atoms with van der Waals surface area (Å²) in [6.45, 7) is 0. The molecule has 0 aliphatic carbocycles. The summed E-state index contributed by atoms with van der Waals surface area (Å²) in [7, 11) is 2.91. The molecule has 0 radical (unpaired) electrons. The van der Waals surface area contributed by atoms with Gasteiger partial charge in [-0.15, -0.1) is 0 Å². The minimum atomic E-state index is -0.665. The third kappa shape index (κ3) is 2.40. The Labute approximate surface area is 114 Å². The van der Waals surface area contributed by atoms with E-state index >= 15 is 0 Å². The number of nitro groups is 1. The van der Waals surface area contributed by atoms with Crippen LogP contribution in [0, 0.1) is 15.9 Å². The van der Waals surface area contributed by atoms with Crippen LogP contribution in [0.1, 0.15) is 0 Å².